The lowest BCUT2D eigenvalue weighted by Crippen LogP contribution is -2.47. The van der Waals surface area contributed by atoms with Crippen molar-refractivity contribution in [3.63, 3.8) is 0 Å². The maximum Gasteiger partial charge on any atom is 0.501 e. The van der Waals surface area contributed by atoms with E-state index >= 15 is 0 Å². The second kappa shape index (κ2) is 22.3. The molecule has 0 aromatic carbocycles. The summed E-state index contributed by atoms with van der Waals surface area (Å²) in [5, 5.41) is 0. The van der Waals surface area contributed by atoms with E-state index in [1.807, 2.05) is 27.3 Å². The summed E-state index contributed by atoms with van der Waals surface area (Å²) < 4.78 is 48.8. The lowest BCUT2D eigenvalue weighted by molar-refractivity contribution is 0.0145. The first-order valence-corrected chi connectivity index (χ1v) is 14.9. The molecule has 0 amide bonds. The van der Waals surface area contributed by atoms with Crippen molar-refractivity contribution in [2.75, 3.05) is 80.8 Å². The van der Waals surface area contributed by atoms with Gasteiger partial charge in [0, 0.05) is 53.7 Å². The summed E-state index contributed by atoms with van der Waals surface area (Å²) in [6.07, 6.45) is 0.944. The molecule has 0 rings (SSSR count). The Morgan fingerprint density at radius 2 is 0.833 bits per heavy atom. The normalized spacial score (nSPS) is 12.0. The molecule has 0 aromatic heterocycles. The van der Waals surface area contributed by atoms with Gasteiger partial charge in [-0.05, 0) is 20.8 Å². The highest BCUT2D eigenvalue weighted by Gasteiger charge is 2.40. The Morgan fingerprint density at radius 3 is 1.07 bits per heavy atom. The number of methoxy groups -OCH3 is 3. The predicted octanol–water partition coefficient (Wildman–Crippen LogP) is 2.99. The lowest BCUT2D eigenvalue weighted by atomic mass is 10.6. The van der Waals surface area contributed by atoms with E-state index in [4.69, 9.17) is 40.8 Å². The average molecular weight is 475 g/mol. The van der Waals surface area contributed by atoms with Crippen molar-refractivity contribution in [3.8, 4) is 0 Å². The van der Waals surface area contributed by atoms with E-state index in [0.717, 1.165) is 12.5 Å². The summed E-state index contributed by atoms with van der Waals surface area (Å²) in [5.74, 6) is 0. The first kappa shape index (κ1) is 32.3. The summed E-state index contributed by atoms with van der Waals surface area (Å²) >= 11 is 0. The van der Waals surface area contributed by atoms with Gasteiger partial charge in [-0.3, -0.25) is 0 Å². The second-order valence-electron chi connectivity index (χ2n) is 6.12. The molecule has 0 spiro atoms. The van der Waals surface area contributed by atoms with Gasteiger partial charge in [0.1, 0.15) is 0 Å². The van der Waals surface area contributed by atoms with Gasteiger partial charge in [0.2, 0.25) is 0 Å². The number of hydrogen-bond donors (Lipinski definition) is 0. The predicted molar refractivity (Wildman–Crippen MR) is 121 cm³/mol. The van der Waals surface area contributed by atoms with Crippen LogP contribution >= 0.6 is 0 Å². The number of rotatable bonds is 20. The molecule has 0 aliphatic heterocycles. The van der Waals surface area contributed by atoms with E-state index in [0.29, 0.717) is 59.5 Å². The van der Waals surface area contributed by atoms with Gasteiger partial charge in [-0.2, -0.15) is 0 Å². The van der Waals surface area contributed by atoms with Crippen molar-refractivity contribution < 1.29 is 40.8 Å². The molecular formula is C19H46O9Si2. The Morgan fingerprint density at radius 1 is 0.500 bits per heavy atom. The molecule has 0 unspecified atom stereocenters. The van der Waals surface area contributed by atoms with Crippen LogP contribution in [0.4, 0.5) is 0 Å². The zero-order valence-electron chi connectivity index (χ0n) is 20.5. The molecule has 0 aliphatic rings. The Balaban J connectivity index is 0. The monoisotopic (exact) mass is 474 g/mol. The molecule has 0 aliphatic carbocycles. The molecule has 11 heteroatoms. The van der Waals surface area contributed by atoms with E-state index in [2.05, 4.69) is 6.92 Å². The van der Waals surface area contributed by atoms with Gasteiger partial charge in [-0.15, -0.1) is 0 Å². The smallest absolute Gasteiger partial charge is 0.382 e. The highest BCUT2D eigenvalue weighted by atomic mass is 28.4. The third-order valence-corrected chi connectivity index (χ3v) is 9.09. The zero-order valence-corrected chi connectivity index (χ0v) is 22.5. The molecule has 0 heterocycles. The van der Waals surface area contributed by atoms with E-state index in [1.165, 1.54) is 0 Å². The molecule has 184 valence electrons. The van der Waals surface area contributed by atoms with Crippen molar-refractivity contribution in [3.05, 3.63) is 0 Å². The highest BCUT2D eigenvalue weighted by molar-refractivity contribution is 6.60. The summed E-state index contributed by atoms with van der Waals surface area (Å²) in [4.78, 5) is 0. The van der Waals surface area contributed by atoms with E-state index < -0.39 is 17.6 Å². The molecular weight excluding hydrogens is 428 g/mol. The van der Waals surface area contributed by atoms with Crippen LogP contribution in [0.5, 0.6) is 0 Å². The Kier molecular flexibility index (Phi) is 23.9. The van der Waals surface area contributed by atoms with Gasteiger partial charge >= 0.3 is 17.6 Å². The fourth-order valence-corrected chi connectivity index (χ4v) is 6.70. The van der Waals surface area contributed by atoms with Crippen LogP contribution in [0.1, 0.15) is 34.1 Å². The van der Waals surface area contributed by atoms with Crippen LogP contribution < -0.4 is 0 Å². The Labute approximate surface area is 186 Å². The first-order chi connectivity index (χ1) is 14.4. The van der Waals surface area contributed by atoms with Crippen molar-refractivity contribution in [2.45, 2.75) is 46.7 Å². The Bertz CT molecular complexity index is 308. The van der Waals surface area contributed by atoms with Gasteiger partial charge in [0.05, 0.1) is 39.6 Å². The van der Waals surface area contributed by atoms with Gasteiger partial charge in [-0.25, -0.2) is 0 Å². The average Bonchev–Trinajstić information content (AvgIpc) is 2.70. The van der Waals surface area contributed by atoms with Crippen LogP contribution in [0.15, 0.2) is 0 Å². The van der Waals surface area contributed by atoms with Crippen molar-refractivity contribution in [1.29, 1.82) is 0 Å². The van der Waals surface area contributed by atoms with E-state index in [9.17, 15) is 0 Å². The van der Waals surface area contributed by atoms with Crippen molar-refractivity contribution >= 4 is 17.6 Å². The molecule has 30 heavy (non-hydrogen) atoms. The summed E-state index contributed by atoms with van der Waals surface area (Å²) in [6, 6.07) is 0.782. The molecule has 0 radical (unpaired) electrons. The molecule has 0 atom stereocenters. The fraction of sp³-hybridized carbons (Fsp3) is 1.00. The largest absolute Gasteiger partial charge is 0.501 e. The third kappa shape index (κ3) is 17.7. The van der Waals surface area contributed by atoms with E-state index in [1.54, 1.807) is 21.3 Å². The third-order valence-electron chi connectivity index (χ3n) is 3.60. The molecule has 0 aromatic rings. The summed E-state index contributed by atoms with van der Waals surface area (Å²) in [7, 11) is 0.0318. The second-order valence-corrected chi connectivity index (χ2v) is 11.4. The van der Waals surface area contributed by atoms with Crippen molar-refractivity contribution in [1.82, 2.24) is 0 Å². The van der Waals surface area contributed by atoms with Crippen LogP contribution in [0.3, 0.4) is 0 Å². The quantitative estimate of drug-likeness (QED) is 0.195. The molecule has 0 bridgehead atoms. The van der Waals surface area contributed by atoms with Crippen LogP contribution in [0.25, 0.3) is 0 Å². The first-order valence-electron chi connectivity index (χ1n) is 10.7. The van der Waals surface area contributed by atoms with Gasteiger partial charge in [0.15, 0.2) is 0 Å². The molecule has 0 N–H and O–H groups in total. The van der Waals surface area contributed by atoms with Crippen molar-refractivity contribution in [2.24, 2.45) is 0 Å². The van der Waals surface area contributed by atoms with Crippen LogP contribution in [-0.4, -0.2) is 98.4 Å². The topological polar surface area (TPSA) is 83.1 Å². The fourth-order valence-electron chi connectivity index (χ4n) is 2.40. The number of ether oxygens (including phenoxy) is 3. The molecule has 0 saturated carbocycles. The highest BCUT2D eigenvalue weighted by Crippen LogP contribution is 2.18. The Hall–Kier alpha value is 0.0738. The van der Waals surface area contributed by atoms with Gasteiger partial charge < -0.3 is 40.8 Å². The van der Waals surface area contributed by atoms with Gasteiger partial charge in [0.25, 0.3) is 0 Å². The summed E-state index contributed by atoms with van der Waals surface area (Å²) in [6.45, 7) is 14.8. The SMILES string of the molecule is CCC[Si](OCCOC)(OCCOC)OCCOC.CCO[Si](C)(OCC)OCC. The number of hydrogen-bond acceptors (Lipinski definition) is 9. The zero-order chi connectivity index (χ0) is 23.1. The van der Waals surface area contributed by atoms with Crippen LogP contribution in [0.2, 0.25) is 12.6 Å². The van der Waals surface area contributed by atoms with Gasteiger partial charge in [-0.1, -0.05) is 13.3 Å². The standard InChI is InChI=1S/C12H28O6Si.C7H18O3Si/c1-5-12-19(16-9-6-13-2,17-10-7-14-3)18-11-8-15-4;1-5-8-11(4,9-6-2)10-7-3/h5-12H2,1-4H3;5-7H2,1-4H3. The molecule has 0 saturated heterocycles. The summed E-state index contributed by atoms with van der Waals surface area (Å²) in [5.41, 5.74) is 0. The molecule has 9 nitrogen and oxygen atoms in total. The van der Waals surface area contributed by atoms with E-state index in [-0.39, 0.29) is 0 Å². The maximum atomic E-state index is 5.86. The maximum absolute atomic E-state index is 5.86. The minimum Gasteiger partial charge on any atom is -0.382 e. The lowest BCUT2D eigenvalue weighted by Gasteiger charge is -2.29. The van der Waals surface area contributed by atoms with Crippen LogP contribution in [0, 0.1) is 0 Å². The minimum atomic E-state index is -2.65. The molecule has 0 fully saturated rings. The minimum absolute atomic E-state index is 0.475. The van der Waals surface area contributed by atoms with Crippen LogP contribution in [-0.2, 0) is 40.8 Å².